The summed E-state index contributed by atoms with van der Waals surface area (Å²) in [6.45, 7) is 0.584. The molecule has 2 rings (SSSR count). The Morgan fingerprint density at radius 3 is 2.70 bits per heavy atom. The number of carbonyl (C=O) groups is 1. The summed E-state index contributed by atoms with van der Waals surface area (Å²) >= 11 is 3.37. The highest BCUT2D eigenvalue weighted by Gasteiger charge is 1.97. The molecule has 1 aromatic heterocycles. The van der Waals surface area contributed by atoms with Crippen molar-refractivity contribution >= 4 is 27.9 Å². The molecule has 3 nitrogen and oxygen atoms in total. The lowest BCUT2D eigenvalue weighted by molar-refractivity contribution is -0.116. The second kappa shape index (κ2) is 7.60. The summed E-state index contributed by atoms with van der Waals surface area (Å²) in [5, 5.41) is 2.84. The second-order valence-electron chi connectivity index (χ2n) is 4.25. The summed E-state index contributed by atoms with van der Waals surface area (Å²) < 4.78 is 1.02. The SMILES string of the molecule is O=C(/C=C/c1ccc(Br)cc1)NCCc1ccccn1. The molecule has 0 aliphatic heterocycles. The summed E-state index contributed by atoms with van der Waals surface area (Å²) in [4.78, 5) is 15.8. The summed E-state index contributed by atoms with van der Waals surface area (Å²) in [6.07, 6.45) is 5.83. The molecule has 0 unspecified atom stereocenters. The fourth-order valence-electron chi connectivity index (χ4n) is 1.66. The predicted molar refractivity (Wildman–Crippen MR) is 84.1 cm³/mol. The molecule has 0 aliphatic carbocycles. The smallest absolute Gasteiger partial charge is 0.244 e. The third-order valence-corrected chi connectivity index (χ3v) is 3.23. The molecule has 0 bridgehead atoms. The standard InChI is InChI=1S/C16H15BrN2O/c17-14-7-4-13(5-8-14)6-9-16(20)19-12-10-15-3-1-2-11-18-15/h1-9,11H,10,12H2,(H,19,20)/b9-6+. The normalized spacial score (nSPS) is 10.7. The van der Waals surface area contributed by atoms with Gasteiger partial charge in [0.05, 0.1) is 0 Å². The van der Waals surface area contributed by atoms with E-state index in [1.54, 1.807) is 18.3 Å². The molecule has 1 amide bonds. The van der Waals surface area contributed by atoms with E-state index in [0.29, 0.717) is 6.54 Å². The van der Waals surface area contributed by atoms with Crippen molar-refractivity contribution in [1.29, 1.82) is 0 Å². The van der Waals surface area contributed by atoms with Gasteiger partial charge in [0.15, 0.2) is 0 Å². The van der Waals surface area contributed by atoms with Crippen LogP contribution in [0.25, 0.3) is 6.08 Å². The number of hydrogen-bond donors (Lipinski definition) is 1. The molecule has 0 atom stereocenters. The Hall–Kier alpha value is -1.94. The third-order valence-electron chi connectivity index (χ3n) is 2.70. The number of benzene rings is 1. The fourth-order valence-corrected chi connectivity index (χ4v) is 1.93. The molecule has 1 N–H and O–H groups in total. The molecule has 4 heteroatoms. The predicted octanol–water partition coefficient (Wildman–Crippen LogP) is 3.22. The van der Waals surface area contributed by atoms with Crippen LogP contribution < -0.4 is 5.32 Å². The minimum absolute atomic E-state index is 0.0937. The van der Waals surface area contributed by atoms with Crippen molar-refractivity contribution < 1.29 is 4.79 Å². The molecule has 0 spiro atoms. The van der Waals surface area contributed by atoms with E-state index in [1.807, 2.05) is 42.5 Å². The van der Waals surface area contributed by atoms with Gasteiger partial charge >= 0.3 is 0 Å². The maximum atomic E-state index is 11.6. The van der Waals surface area contributed by atoms with Crippen molar-refractivity contribution in [3.8, 4) is 0 Å². The van der Waals surface area contributed by atoms with Crippen LogP contribution in [0.2, 0.25) is 0 Å². The van der Waals surface area contributed by atoms with Crippen LogP contribution in [0.5, 0.6) is 0 Å². The van der Waals surface area contributed by atoms with E-state index in [1.165, 1.54) is 0 Å². The Bertz CT molecular complexity index is 579. The average Bonchev–Trinajstić information content (AvgIpc) is 2.48. The zero-order valence-electron chi connectivity index (χ0n) is 10.9. The fraction of sp³-hybridized carbons (Fsp3) is 0.125. The Labute approximate surface area is 126 Å². The number of nitrogens with one attached hydrogen (secondary N) is 1. The summed E-state index contributed by atoms with van der Waals surface area (Å²) in [7, 11) is 0. The van der Waals surface area contributed by atoms with Crippen LogP contribution in [0.3, 0.4) is 0 Å². The molecule has 1 heterocycles. The Kier molecular flexibility index (Phi) is 5.50. The van der Waals surface area contributed by atoms with Crippen molar-refractivity contribution in [2.24, 2.45) is 0 Å². The molecular formula is C16H15BrN2O. The molecule has 0 fully saturated rings. The largest absolute Gasteiger partial charge is 0.352 e. The van der Waals surface area contributed by atoms with Crippen molar-refractivity contribution in [1.82, 2.24) is 10.3 Å². The van der Waals surface area contributed by atoms with E-state index in [4.69, 9.17) is 0 Å². The Morgan fingerprint density at radius 2 is 2.00 bits per heavy atom. The Balaban J connectivity index is 1.76. The monoisotopic (exact) mass is 330 g/mol. The first-order valence-electron chi connectivity index (χ1n) is 6.35. The quantitative estimate of drug-likeness (QED) is 0.855. The summed E-state index contributed by atoms with van der Waals surface area (Å²) in [6, 6.07) is 13.5. The number of pyridine rings is 1. The molecule has 0 saturated heterocycles. The molecule has 20 heavy (non-hydrogen) atoms. The van der Waals surface area contributed by atoms with Gasteiger partial charge in [-0.05, 0) is 35.9 Å². The van der Waals surface area contributed by atoms with Crippen molar-refractivity contribution in [3.63, 3.8) is 0 Å². The molecule has 1 aromatic carbocycles. The van der Waals surface area contributed by atoms with E-state index in [2.05, 4.69) is 26.2 Å². The molecule has 0 radical (unpaired) electrons. The van der Waals surface area contributed by atoms with Gasteiger partial charge in [-0.3, -0.25) is 9.78 Å². The van der Waals surface area contributed by atoms with Crippen molar-refractivity contribution in [2.75, 3.05) is 6.54 Å². The van der Waals surface area contributed by atoms with Crippen LogP contribution in [-0.4, -0.2) is 17.4 Å². The maximum absolute atomic E-state index is 11.6. The molecular weight excluding hydrogens is 316 g/mol. The second-order valence-corrected chi connectivity index (χ2v) is 5.16. The van der Waals surface area contributed by atoms with E-state index in [0.717, 1.165) is 22.2 Å². The van der Waals surface area contributed by atoms with Gasteiger partial charge in [0.25, 0.3) is 0 Å². The zero-order chi connectivity index (χ0) is 14.2. The summed E-state index contributed by atoms with van der Waals surface area (Å²) in [5.74, 6) is -0.0937. The topological polar surface area (TPSA) is 42.0 Å². The van der Waals surface area contributed by atoms with Gasteiger partial charge in [0.1, 0.15) is 0 Å². The van der Waals surface area contributed by atoms with Gasteiger partial charge in [-0.25, -0.2) is 0 Å². The number of rotatable bonds is 5. The number of nitrogens with zero attached hydrogens (tertiary/aromatic N) is 1. The first kappa shape index (κ1) is 14.5. The number of aromatic nitrogens is 1. The lowest BCUT2D eigenvalue weighted by Gasteiger charge is -2.01. The molecule has 102 valence electrons. The lowest BCUT2D eigenvalue weighted by atomic mass is 10.2. The maximum Gasteiger partial charge on any atom is 0.244 e. The van der Waals surface area contributed by atoms with Crippen molar-refractivity contribution in [2.45, 2.75) is 6.42 Å². The van der Waals surface area contributed by atoms with Crippen LogP contribution in [-0.2, 0) is 11.2 Å². The third kappa shape index (κ3) is 4.97. The highest BCUT2D eigenvalue weighted by Crippen LogP contribution is 2.11. The van der Waals surface area contributed by atoms with E-state index in [-0.39, 0.29) is 5.91 Å². The molecule has 0 saturated carbocycles. The van der Waals surface area contributed by atoms with Crippen LogP contribution in [0.15, 0.2) is 59.2 Å². The Morgan fingerprint density at radius 1 is 1.20 bits per heavy atom. The van der Waals surface area contributed by atoms with Gasteiger partial charge in [-0.1, -0.05) is 34.1 Å². The first-order chi connectivity index (χ1) is 9.74. The van der Waals surface area contributed by atoms with E-state index in [9.17, 15) is 4.79 Å². The van der Waals surface area contributed by atoms with Gasteiger partial charge in [-0.15, -0.1) is 0 Å². The van der Waals surface area contributed by atoms with Gasteiger partial charge in [0.2, 0.25) is 5.91 Å². The highest BCUT2D eigenvalue weighted by molar-refractivity contribution is 9.10. The average molecular weight is 331 g/mol. The van der Waals surface area contributed by atoms with E-state index < -0.39 is 0 Å². The number of amides is 1. The highest BCUT2D eigenvalue weighted by atomic mass is 79.9. The summed E-state index contributed by atoms with van der Waals surface area (Å²) in [5.41, 5.74) is 1.97. The van der Waals surface area contributed by atoms with Gasteiger partial charge < -0.3 is 5.32 Å². The minimum atomic E-state index is -0.0937. The molecule has 0 aliphatic rings. The van der Waals surface area contributed by atoms with Crippen LogP contribution in [0.4, 0.5) is 0 Å². The number of carbonyl (C=O) groups excluding carboxylic acids is 1. The first-order valence-corrected chi connectivity index (χ1v) is 7.15. The van der Waals surface area contributed by atoms with Crippen LogP contribution in [0.1, 0.15) is 11.3 Å². The zero-order valence-corrected chi connectivity index (χ0v) is 12.5. The van der Waals surface area contributed by atoms with Crippen molar-refractivity contribution in [3.05, 3.63) is 70.5 Å². The van der Waals surface area contributed by atoms with Crippen LogP contribution in [0, 0.1) is 0 Å². The molecule has 2 aromatic rings. The van der Waals surface area contributed by atoms with Crippen LogP contribution >= 0.6 is 15.9 Å². The van der Waals surface area contributed by atoms with E-state index >= 15 is 0 Å². The minimum Gasteiger partial charge on any atom is -0.352 e. The van der Waals surface area contributed by atoms with Gasteiger partial charge in [0, 0.05) is 35.4 Å². The van der Waals surface area contributed by atoms with Gasteiger partial charge in [-0.2, -0.15) is 0 Å². The number of halogens is 1. The lowest BCUT2D eigenvalue weighted by Crippen LogP contribution is -2.23. The number of hydrogen-bond acceptors (Lipinski definition) is 2.